The molecule has 1 atom stereocenters. The summed E-state index contributed by atoms with van der Waals surface area (Å²) in [7, 11) is -3.20. The average molecular weight is 399 g/mol. The Bertz CT molecular complexity index is 757. The molecule has 2 aliphatic rings. The van der Waals surface area contributed by atoms with Crippen LogP contribution in [0.2, 0.25) is 0 Å². The van der Waals surface area contributed by atoms with E-state index in [2.05, 4.69) is 24.0 Å². The summed E-state index contributed by atoms with van der Waals surface area (Å²) in [5.74, 6) is 1.61. The third-order valence-electron chi connectivity index (χ3n) is 5.18. The molecule has 0 spiro atoms. The molecule has 1 amide bonds. The highest BCUT2D eigenvalue weighted by atomic mass is 32.2. The number of nitrogens with zero attached hydrogens (tertiary/aromatic N) is 4. The fraction of sp³-hybridized carbons (Fsp3) is 0.833. The maximum atomic E-state index is 12.5. The summed E-state index contributed by atoms with van der Waals surface area (Å²) in [6.45, 7) is 7.14. The lowest BCUT2D eigenvalue weighted by Gasteiger charge is -2.38. The van der Waals surface area contributed by atoms with Crippen molar-refractivity contribution in [1.82, 2.24) is 19.3 Å². The zero-order valence-corrected chi connectivity index (χ0v) is 17.2. The van der Waals surface area contributed by atoms with E-state index in [1.807, 2.05) is 0 Å². The van der Waals surface area contributed by atoms with Gasteiger partial charge in [0, 0.05) is 45.4 Å². The summed E-state index contributed by atoms with van der Waals surface area (Å²) in [5, 5.41) is 3.79. The average Bonchev–Trinajstić information content (AvgIpc) is 3.37. The van der Waals surface area contributed by atoms with Crippen molar-refractivity contribution in [3.63, 3.8) is 0 Å². The standard InChI is InChI=1S/C18H30N4O4S/c1-13(2)11-18-19-17(20-26-18)8-10-22(14(3)23)15-5-4-9-21(12-15)27(24,25)16-6-7-16/h13,15-16H,4-12H2,1-3H3. The van der Waals surface area contributed by atoms with E-state index in [4.69, 9.17) is 4.52 Å². The second kappa shape index (κ2) is 8.26. The minimum absolute atomic E-state index is 0.0448. The van der Waals surface area contributed by atoms with E-state index < -0.39 is 10.0 Å². The molecule has 3 rings (SSSR count). The van der Waals surface area contributed by atoms with Gasteiger partial charge in [0.25, 0.3) is 0 Å². The topological polar surface area (TPSA) is 96.6 Å². The molecule has 27 heavy (non-hydrogen) atoms. The van der Waals surface area contributed by atoms with Crippen LogP contribution < -0.4 is 0 Å². The number of piperidine rings is 1. The number of carbonyl (C=O) groups is 1. The van der Waals surface area contributed by atoms with Gasteiger partial charge in [-0.3, -0.25) is 4.79 Å². The maximum Gasteiger partial charge on any atom is 0.226 e. The van der Waals surface area contributed by atoms with Gasteiger partial charge in [0.2, 0.25) is 21.8 Å². The molecule has 0 radical (unpaired) electrons. The van der Waals surface area contributed by atoms with E-state index in [-0.39, 0.29) is 17.2 Å². The summed E-state index contributed by atoms with van der Waals surface area (Å²) >= 11 is 0. The molecule has 1 saturated heterocycles. The van der Waals surface area contributed by atoms with Crippen molar-refractivity contribution >= 4 is 15.9 Å². The molecule has 1 unspecified atom stereocenters. The first-order valence-corrected chi connectivity index (χ1v) is 11.4. The molecule has 1 saturated carbocycles. The number of carbonyl (C=O) groups excluding carboxylic acids is 1. The lowest BCUT2D eigenvalue weighted by molar-refractivity contribution is -0.131. The number of sulfonamides is 1. The lowest BCUT2D eigenvalue weighted by atomic mass is 10.1. The van der Waals surface area contributed by atoms with Gasteiger partial charge in [0.15, 0.2) is 5.82 Å². The molecular formula is C18H30N4O4S. The number of rotatable bonds is 8. The van der Waals surface area contributed by atoms with Gasteiger partial charge >= 0.3 is 0 Å². The predicted molar refractivity (Wildman–Crippen MR) is 100 cm³/mol. The quantitative estimate of drug-likeness (QED) is 0.660. The molecule has 1 aliphatic heterocycles. The van der Waals surface area contributed by atoms with Crippen LogP contribution in [0.25, 0.3) is 0 Å². The van der Waals surface area contributed by atoms with E-state index in [9.17, 15) is 13.2 Å². The Morgan fingerprint density at radius 3 is 2.70 bits per heavy atom. The summed E-state index contributed by atoms with van der Waals surface area (Å²) in [5.41, 5.74) is 0. The zero-order chi connectivity index (χ0) is 19.6. The highest BCUT2D eigenvalue weighted by Gasteiger charge is 2.42. The number of amides is 1. The third kappa shape index (κ3) is 5.07. The van der Waals surface area contributed by atoms with Crippen molar-refractivity contribution in [3.05, 3.63) is 11.7 Å². The molecule has 0 N–H and O–H groups in total. The molecule has 152 valence electrons. The van der Waals surface area contributed by atoms with E-state index >= 15 is 0 Å². The number of hydrogen-bond donors (Lipinski definition) is 0. The van der Waals surface area contributed by atoms with E-state index in [0.717, 1.165) is 32.1 Å². The minimum Gasteiger partial charge on any atom is -0.339 e. The molecule has 1 aliphatic carbocycles. The Morgan fingerprint density at radius 1 is 1.33 bits per heavy atom. The zero-order valence-electron chi connectivity index (χ0n) is 16.4. The normalized spacial score (nSPS) is 21.6. The second-order valence-electron chi connectivity index (χ2n) is 8.06. The van der Waals surface area contributed by atoms with Crippen LogP contribution in [0.15, 0.2) is 4.52 Å². The van der Waals surface area contributed by atoms with Crippen LogP contribution in [0, 0.1) is 5.92 Å². The van der Waals surface area contributed by atoms with Crippen LogP contribution in [0.4, 0.5) is 0 Å². The number of hydrogen-bond acceptors (Lipinski definition) is 6. The Hall–Kier alpha value is -1.48. The molecule has 2 heterocycles. The van der Waals surface area contributed by atoms with E-state index in [1.165, 1.54) is 6.92 Å². The molecular weight excluding hydrogens is 368 g/mol. The summed E-state index contributed by atoms with van der Waals surface area (Å²) < 4.78 is 31.9. The van der Waals surface area contributed by atoms with Gasteiger partial charge in [-0.2, -0.15) is 9.29 Å². The van der Waals surface area contributed by atoms with Crippen molar-refractivity contribution in [3.8, 4) is 0 Å². The van der Waals surface area contributed by atoms with Gasteiger partial charge in [-0.25, -0.2) is 8.42 Å². The van der Waals surface area contributed by atoms with Crippen LogP contribution in [0.3, 0.4) is 0 Å². The Labute approximate surface area is 161 Å². The molecule has 0 bridgehead atoms. The Kier molecular flexibility index (Phi) is 6.20. The molecule has 9 heteroatoms. The molecule has 1 aromatic heterocycles. The summed E-state index contributed by atoms with van der Waals surface area (Å²) in [6, 6.07) is -0.0909. The number of aromatic nitrogens is 2. The van der Waals surface area contributed by atoms with Crippen LogP contribution in [-0.4, -0.2) is 64.6 Å². The van der Waals surface area contributed by atoms with Crippen molar-refractivity contribution in [2.24, 2.45) is 5.92 Å². The van der Waals surface area contributed by atoms with Gasteiger partial charge < -0.3 is 9.42 Å². The van der Waals surface area contributed by atoms with E-state index in [0.29, 0.717) is 43.7 Å². The first-order valence-electron chi connectivity index (χ1n) is 9.85. The molecule has 2 fully saturated rings. The van der Waals surface area contributed by atoms with Crippen LogP contribution >= 0.6 is 0 Å². The first kappa shape index (κ1) is 20.3. The summed E-state index contributed by atoms with van der Waals surface area (Å²) in [6.07, 6.45) is 4.36. The monoisotopic (exact) mass is 398 g/mol. The van der Waals surface area contributed by atoms with Crippen molar-refractivity contribution in [2.45, 2.75) is 70.6 Å². The third-order valence-corrected chi connectivity index (χ3v) is 7.54. The van der Waals surface area contributed by atoms with Gasteiger partial charge in [-0.1, -0.05) is 19.0 Å². The molecule has 8 nitrogen and oxygen atoms in total. The Balaban J connectivity index is 1.61. The van der Waals surface area contributed by atoms with Crippen molar-refractivity contribution in [2.75, 3.05) is 19.6 Å². The van der Waals surface area contributed by atoms with Gasteiger partial charge in [0.05, 0.1) is 5.25 Å². The fourth-order valence-corrected chi connectivity index (χ4v) is 5.54. The van der Waals surface area contributed by atoms with Gasteiger partial charge in [-0.05, 0) is 31.6 Å². The lowest BCUT2D eigenvalue weighted by Crippen LogP contribution is -2.52. The predicted octanol–water partition coefficient (Wildman–Crippen LogP) is 1.62. The largest absolute Gasteiger partial charge is 0.339 e. The van der Waals surface area contributed by atoms with E-state index in [1.54, 1.807) is 9.21 Å². The van der Waals surface area contributed by atoms with Gasteiger partial charge in [0.1, 0.15) is 0 Å². The summed E-state index contributed by atoms with van der Waals surface area (Å²) in [4.78, 5) is 18.4. The SMILES string of the molecule is CC(=O)N(CCc1noc(CC(C)C)n1)C1CCCN(S(=O)(=O)C2CC2)C1. The highest BCUT2D eigenvalue weighted by molar-refractivity contribution is 7.90. The van der Waals surface area contributed by atoms with Crippen LogP contribution in [-0.2, 0) is 27.7 Å². The van der Waals surface area contributed by atoms with Crippen molar-refractivity contribution in [1.29, 1.82) is 0 Å². The first-order chi connectivity index (χ1) is 12.8. The molecule has 1 aromatic rings. The van der Waals surface area contributed by atoms with Gasteiger partial charge in [-0.15, -0.1) is 0 Å². The minimum atomic E-state index is -3.20. The van der Waals surface area contributed by atoms with Crippen LogP contribution in [0.5, 0.6) is 0 Å². The smallest absolute Gasteiger partial charge is 0.226 e. The molecule has 0 aromatic carbocycles. The van der Waals surface area contributed by atoms with Crippen LogP contribution in [0.1, 0.15) is 58.2 Å². The fourth-order valence-electron chi connectivity index (χ4n) is 3.62. The Morgan fingerprint density at radius 2 is 2.07 bits per heavy atom. The second-order valence-corrected chi connectivity index (χ2v) is 10.3. The maximum absolute atomic E-state index is 12.5. The highest BCUT2D eigenvalue weighted by Crippen LogP contribution is 2.33. The van der Waals surface area contributed by atoms with Crippen molar-refractivity contribution < 1.29 is 17.7 Å².